The molecule has 66 valence electrons. The Hall–Kier alpha value is -0.520. The predicted molar refractivity (Wildman–Crippen MR) is 53.0 cm³/mol. The van der Waals surface area contributed by atoms with E-state index in [0.29, 0.717) is 5.41 Å². The fraction of sp³-hybridized carbons (Fsp3) is 0.667. The molecule has 0 spiro atoms. The molecule has 0 aromatic rings. The summed E-state index contributed by atoms with van der Waals surface area (Å²) in [4.78, 5) is 0. The third kappa shape index (κ3) is 0.972. The van der Waals surface area contributed by atoms with Gasteiger partial charge in [-0.25, -0.2) is 0 Å². The lowest BCUT2D eigenvalue weighted by Crippen LogP contribution is -2.21. The van der Waals surface area contributed by atoms with E-state index in [2.05, 4.69) is 20.1 Å². The van der Waals surface area contributed by atoms with E-state index in [0.717, 1.165) is 5.92 Å². The number of fused-ring (bicyclic) bond motifs is 2. The molecule has 0 N–H and O–H groups in total. The van der Waals surface area contributed by atoms with Crippen LogP contribution < -0.4 is 0 Å². The van der Waals surface area contributed by atoms with Crippen molar-refractivity contribution in [1.29, 1.82) is 0 Å². The van der Waals surface area contributed by atoms with E-state index < -0.39 is 0 Å². The topological polar surface area (TPSA) is 0 Å². The lowest BCUT2D eigenvalue weighted by atomic mass is 9.72. The highest BCUT2D eigenvalue weighted by atomic mass is 14.5. The van der Waals surface area contributed by atoms with Crippen molar-refractivity contribution in [1.82, 2.24) is 0 Å². The number of allylic oxidation sites excluding steroid dienone is 2. The van der Waals surface area contributed by atoms with Gasteiger partial charge in [0.1, 0.15) is 0 Å². The Labute approximate surface area is 75.4 Å². The summed E-state index contributed by atoms with van der Waals surface area (Å²) >= 11 is 0. The minimum Gasteiger partial charge on any atom is -0.0996 e. The first-order chi connectivity index (χ1) is 5.64. The van der Waals surface area contributed by atoms with Crippen molar-refractivity contribution in [2.24, 2.45) is 11.3 Å². The standard InChI is InChI=1S/C12H18/c1-9(2)12-6-4-5-11(8-12)10(3)7-12/h11H,1,3-8H2,2H3. The molecule has 2 atom stereocenters. The van der Waals surface area contributed by atoms with E-state index in [-0.39, 0.29) is 0 Å². The molecular weight excluding hydrogens is 144 g/mol. The summed E-state index contributed by atoms with van der Waals surface area (Å²) in [6, 6.07) is 0. The van der Waals surface area contributed by atoms with Crippen LogP contribution in [0.4, 0.5) is 0 Å². The Kier molecular flexibility index (Phi) is 1.67. The number of hydrogen-bond donors (Lipinski definition) is 0. The zero-order valence-electron chi connectivity index (χ0n) is 8.03. The Morgan fingerprint density at radius 1 is 1.58 bits per heavy atom. The smallest absolute Gasteiger partial charge is 0.00507 e. The van der Waals surface area contributed by atoms with Gasteiger partial charge in [-0.1, -0.05) is 30.7 Å². The molecule has 0 radical (unpaired) electrons. The van der Waals surface area contributed by atoms with E-state index in [4.69, 9.17) is 0 Å². The van der Waals surface area contributed by atoms with Crippen LogP contribution in [0.25, 0.3) is 0 Å². The maximum atomic E-state index is 4.18. The molecular formula is C12H18. The first kappa shape index (κ1) is 8.10. The van der Waals surface area contributed by atoms with Crippen LogP contribution in [0.5, 0.6) is 0 Å². The number of rotatable bonds is 1. The van der Waals surface area contributed by atoms with Crippen LogP contribution >= 0.6 is 0 Å². The van der Waals surface area contributed by atoms with Crippen LogP contribution in [-0.2, 0) is 0 Å². The SMILES string of the molecule is C=C1CC2(C(=C)C)CCCC1C2. The minimum atomic E-state index is 0.472. The van der Waals surface area contributed by atoms with Crippen LogP contribution in [0.2, 0.25) is 0 Å². The van der Waals surface area contributed by atoms with Gasteiger partial charge in [-0.2, -0.15) is 0 Å². The minimum absolute atomic E-state index is 0.472. The quantitative estimate of drug-likeness (QED) is 0.516. The van der Waals surface area contributed by atoms with Gasteiger partial charge in [-0.05, 0) is 43.9 Å². The molecule has 0 aromatic heterocycles. The molecule has 2 saturated carbocycles. The van der Waals surface area contributed by atoms with E-state index in [1.54, 1.807) is 0 Å². The average molecular weight is 162 g/mol. The zero-order chi connectivity index (χ0) is 8.77. The largest absolute Gasteiger partial charge is 0.0996 e. The molecule has 2 aliphatic rings. The third-order valence-corrected chi connectivity index (χ3v) is 3.89. The lowest BCUT2D eigenvalue weighted by Gasteiger charge is -2.33. The molecule has 0 aromatic carbocycles. The van der Waals surface area contributed by atoms with Gasteiger partial charge in [0.15, 0.2) is 0 Å². The summed E-state index contributed by atoms with van der Waals surface area (Å²) in [5, 5.41) is 0. The molecule has 2 fully saturated rings. The maximum Gasteiger partial charge on any atom is -0.00507 e. The molecule has 0 aliphatic heterocycles. The lowest BCUT2D eigenvalue weighted by molar-refractivity contribution is 0.261. The first-order valence-electron chi connectivity index (χ1n) is 4.98. The highest BCUT2D eigenvalue weighted by molar-refractivity contribution is 5.24. The van der Waals surface area contributed by atoms with Gasteiger partial charge in [0.05, 0.1) is 0 Å². The van der Waals surface area contributed by atoms with Crippen molar-refractivity contribution >= 4 is 0 Å². The summed E-state index contributed by atoms with van der Waals surface area (Å²) < 4.78 is 0. The van der Waals surface area contributed by atoms with E-state index in [1.165, 1.54) is 43.3 Å². The van der Waals surface area contributed by atoms with Gasteiger partial charge < -0.3 is 0 Å². The van der Waals surface area contributed by atoms with Gasteiger partial charge in [0.25, 0.3) is 0 Å². The van der Waals surface area contributed by atoms with Gasteiger partial charge in [-0.3, -0.25) is 0 Å². The van der Waals surface area contributed by atoms with Crippen molar-refractivity contribution in [2.75, 3.05) is 0 Å². The van der Waals surface area contributed by atoms with E-state index in [1.807, 2.05) is 0 Å². The second kappa shape index (κ2) is 2.48. The van der Waals surface area contributed by atoms with Crippen molar-refractivity contribution in [3.8, 4) is 0 Å². The van der Waals surface area contributed by atoms with Crippen LogP contribution in [0.1, 0.15) is 39.0 Å². The van der Waals surface area contributed by atoms with Gasteiger partial charge in [0, 0.05) is 0 Å². The molecule has 2 aliphatic carbocycles. The molecule has 0 saturated heterocycles. The Bertz CT molecular complexity index is 234. The normalized spacial score (nSPS) is 40.1. The van der Waals surface area contributed by atoms with Crippen molar-refractivity contribution < 1.29 is 0 Å². The predicted octanol–water partition coefficient (Wildman–Crippen LogP) is 3.70. The first-order valence-corrected chi connectivity index (χ1v) is 4.98. The molecule has 0 nitrogen and oxygen atoms in total. The molecule has 2 rings (SSSR count). The van der Waals surface area contributed by atoms with Crippen LogP contribution in [-0.4, -0.2) is 0 Å². The Morgan fingerprint density at radius 2 is 2.33 bits per heavy atom. The molecule has 0 amide bonds. The summed E-state index contributed by atoms with van der Waals surface area (Å²) in [5.74, 6) is 0.829. The van der Waals surface area contributed by atoms with Gasteiger partial charge >= 0.3 is 0 Å². The van der Waals surface area contributed by atoms with E-state index >= 15 is 0 Å². The maximum absolute atomic E-state index is 4.18. The Morgan fingerprint density at radius 3 is 2.92 bits per heavy atom. The summed E-state index contributed by atoms with van der Waals surface area (Å²) in [6.45, 7) is 10.5. The summed E-state index contributed by atoms with van der Waals surface area (Å²) in [7, 11) is 0. The highest BCUT2D eigenvalue weighted by Crippen LogP contribution is 2.56. The fourth-order valence-corrected chi connectivity index (χ4v) is 2.99. The van der Waals surface area contributed by atoms with Crippen LogP contribution in [0.3, 0.4) is 0 Å². The van der Waals surface area contributed by atoms with Crippen molar-refractivity contribution in [3.05, 3.63) is 24.3 Å². The molecule has 0 heterocycles. The third-order valence-electron chi connectivity index (χ3n) is 3.89. The van der Waals surface area contributed by atoms with Gasteiger partial charge in [-0.15, -0.1) is 0 Å². The molecule has 12 heavy (non-hydrogen) atoms. The second-order valence-corrected chi connectivity index (χ2v) is 4.69. The van der Waals surface area contributed by atoms with E-state index in [9.17, 15) is 0 Å². The fourth-order valence-electron chi connectivity index (χ4n) is 2.99. The zero-order valence-corrected chi connectivity index (χ0v) is 8.03. The summed E-state index contributed by atoms with van der Waals surface area (Å²) in [5.41, 5.74) is 3.36. The monoisotopic (exact) mass is 162 g/mol. The van der Waals surface area contributed by atoms with Crippen molar-refractivity contribution in [2.45, 2.75) is 39.0 Å². The molecule has 2 unspecified atom stereocenters. The molecule has 2 bridgehead atoms. The summed E-state index contributed by atoms with van der Waals surface area (Å²) in [6.07, 6.45) is 6.70. The highest BCUT2D eigenvalue weighted by Gasteiger charge is 2.44. The van der Waals surface area contributed by atoms with Crippen LogP contribution in [0, 0.1) is 11.3 Å². The molecule has 0 heteroatoms. The van der Waals surface area contributed by atoms with Crippen molar-refractivity contribution in [3.63, 3.8) is 0 Å². The number of hydrogen-bond acceptors (Lipinski definition) is 0. The van der Waals surface area contributed by atoms with Gasteiger partial charge in [0.2, 0.25) is 0 Å². The van der Waals surface area contributed by atoms with Crippen LogP contribution in [0.15, 0.2) is 24.3 Å². The second-order valence-electron chi connectivity index (χ2n) is 4.69. The average Bonchev–Trinajstić information content (AvgIpc) is 2.25. The Balaban J connectivity index is 2.29.